The van der Waals surface area contributed by atoms with Gasteiger partial charge in [0, 0.05) is 12.0 Å². The van der Waals surface area contributed by atoms with Crippen molar-refractivity contribution in [2.45, 2.75) is 85.8 Å². The van der Waals surface area contributed by atoms with Gasteiger partial charge in [0.2, 0.25) is 18.8 Å². The third kappa shape index (κ3) is 6.02. The van der Waals surface area contributed by atoms with Crippen LogP contribution in [0.5, 0.6) is 0 Å². The van der Waals surface area contributed by atoms with Crippen LogP contribution in [0.1, 0.15) is 6.42 Å². The second-order valence-corrected chi connectivity index (χ2v) is 21.0. The lowest BCUT2D eigenvalue weighted by Crippen LogP contribution is -2.70. The third-order valence-corrected chi connectivity index (χ3v) is 15.3. The summed E-state index contributed by atoms with van der Waals surface area (Å²) >= 11 is 0. The highest BCUT2D eigenvalue weighted by Gasteiger charge is 2.91. The molecule has 0 amide bonds. The molecule has 1 fully saturated rings. The molecule has 1 unspecified atom stereocenters. The molecule has 1 aliphatic rings. The van der Waals surface area contributed by atoms with Gasteiger partial charge in [-0.3, -0.25) is 0 Å². The molecule has 0 aromatic rings. The molecule has 209 valence electrons. The lowest BCUT2D eigenvalue weighted by molar-refractivity contribution is -0.424. The van der Waals surface area contributed by atoms with Crippen molar-refractivity contribution in [3.8, 4) is 0 Å². The van der Waals surface area contributed by atoms with E-state index in [4.69, 9.17) is 8.23 Å². The number of rotatable bonds is 15. The molecule has 0 spiro atoms. The van der Waals surface area contributed by atoms with Crippen LogP contribution in [0.15, 0.2) is 24.6 Å². The summed E-state index contributed by atoms with van der Waals surface area (Å²) in [7, 11) is -9.29. The van der Waals surface area contributed by atoms with Gasteiger partial charge in [0.15, 0.2) is 16.6 Å². The fourth-order valence-electron chi connectivity index (χ4n) is 2.66. The van der Waals surface area contributed by atoms with E-state index in [1.807, 2.05) is 0 Å². The smallest absolute Gasteiger partial charge is 0.384 e. The van der Waals surface area contributed by atoms with Crippen LogP contribution < -0.4 is 0 Å². The molecule has 1 atom stereocenters. The van der Waals surface area contributed by atoms with Crippen LogP contribution in [0.2, 0.25) is 43.8 Å². The number of alkyl halides is 12. The Hall–Kier alpha value is -0.572. The van der Waals surface area contributed by atoms with E-state index in [9.17, 15) is 52.7 Å². The predicted octanol–water partition coefficient (Wildman–Crippen LogP) is 7.49. The van der Waals surface area contributed by atoms with Crippen molar-refractivity contribution in [1.29, 1.82) is 0 Å². The van der Waals surface area contributed by atoms with Gasteiger partial charge in [0.25, 0.3) is 0 Å². The zero-order valence-corrected chi connectivity index (χ0v) is 23.6. The monoisotopic (exact) mass is 613 g/mol. The molecular weight excluding hydrogens is 589 g/mol. The largest absolute Gasteiger partial charge is 0.453 e. The molecule has 1 heterocycles. The molecule has 3 radical (unpaired) electrons. The van der Waals surface area contributed by atoms with Crippen LogP contribution in [0.4, 0.5) is 52.7 Å². The highest BCUT2D eigenvalue weighted by atomic mass is 28.4. The summed E-state index contributed by atoms with van der Waals surface area (Å²) in [6.07, 6.45) is -2.15. The first-order valence-corrected chi connectivity index (χ1v) is 19.1. The van der Waals surface area contributed by atoms with E-state index >= 15 is 0 Å². The Labute approximate surface area is 207 Å². The first-order valence-electron chi connectivity index (χ1n) is 10.3. The molecular formula is C18H25F12O2Si4. The first-order chi connectivity index (χ1) is 15.8. The van der Waals surface area contributed by atoms with Gasteiger partial charge in [-0.1, -0.05) is 11.4 Å². The predicted molar refractivity (Wildman–Crippen MR) is 117 cm³/mol. The third-order valence-electron chi connectivity index (χ3n) is 5.39. The van der Waals surface area contributed by atoms with Crippen molar-refractivity contribution < 1.29 is 60.9 Å². The van der Waals surface area contributed by atoms with Crippen molar-refractivity contribution >= 4 is 35.4 Å². The lowest BCUT2D eigenvalue weighted by atomic mass is 9.90. The Morgan fingerprint density at radius 2 is 1.22 bits per heavy atom. The van der Waals surface area contributed by atoms with Crippen molar-refractivity contribution in [3.05, 3.63) is 24.6 Å². The van der Waals surface area contributed by atoms with Crippen molar-refractivity contribution in [2.24, 2.45) is 0 Å². The van der Waals surface area contributed by atoms with Gasteiger partial charge >= 0.3 is 35.5 Å². The molecule has 1 rings (SSSR count). The molecule has 0 aromatic carbocycles. The van der Waals surface area contributed by atoms with Crippen molar-refractivity contribution in [2.75, 3.05) is 0 Å². The van der Waals surface area contributed by atoms with Crippen LogP contribution >= 0.6 is 0 Å². The molecule has 36 heavy (non-hydrogen) atoms. The normalized spacial score (nSPS) is 19.4. The zero-order chi connectivity index (χ0) is 28.8. The summed E-state index contributed by atoms with van der Waals surface area (Å²) < 4.78 is 180. The standard InChI is InChI=1S/C18H25F12O2Si4/c1-7-35(3,4)31-33-10-9-13(19,20)15(23,24)17(27,28)18(29,30)16(25,26)14(21,22)12-11-34(12)32-36(5,6)8-2/h7-8,12H,1-2,9-11H2,3-6H3. The molecule has 0 aliphatic carbocycles. The van der Waals surface area contributed by atoms with E-state index in [1.165, 1.54) is 37.6 Å². The lowest BCUT2D eigenvalue weighted by Gasteiger charge is -2.41. The van der Waals surface area contributed by atoms with Crippen molar-refractivity contribution in [3.63, 3.8) is 0 Å². The van der Waals surface area contributed by atoms with E-state index < -0.39 is 95.0 Å². The van der Waals surface area contributed by atoms with Gasteiger partial charge < -0.3 is 8.23 Å². The summed E-state index contributed by atoms with van der Waals surface area (Å²) in [5.74, 6) is -41.2. The van der Waals surface area contributed by atoms with Gasteiger partial charge in [-0.25, -0.2) is 0 Å². The fourth-order valence-corrected chi connectivity index (χ4v) is 10.6. The zero-order valence-electron chi connectivity index (χ0n) is 19.6. The number of hydrogen-bond acceptors (Lipinski definition) is 2. The van der Waals surface area contributed by atoms with Crippen LogP contribution in [-0.4, -0.2) is 71.0 Å². The highest BCUT2D eigenvalue weighted by Crippen LogP contribution is 2.65. The van der Waals surface area contributed by atoms with E-state index in [1.54, 1.807) is 0 Å². The topological polar surface area (TPSA) is 18.5 Å². The van der Waals surface area contributed by atoms with E-state index in [2.05, 4.69) is 13.2 Å². The molecule has 0 N–H and O–H groups in total. The molecule has 18 heteroatoms. The molecule has 1 aliphatic heterocycles. The summed E-state index contributed by atoms with van der Waals surface area (Å²) in [6, 6.07) is -1.88. The molecule has 0 bridgehead atoms. The second kappa shape index (κ2) is 10.2. The SMILES string of the molecule is C=C[Si](C)(C)O[Si]CCC(F)(F)C(F)(F)C(F)(F)C(F)(F)C(F)(F)C(F)(F)C1C[Si]1O[Si](C)(C)C=C. The fraction of sp³-hybridized carbons (Fsp3) is 0.778. The molecule has 1 saturated heterocycles. The van der Waals surface area contributed by atoms with E-state index in [-0.39, 0.29) is 0 Å². The summed E-state index contributed by atoms with van der Waals surface area (Å²) in [5, 5.41) is 0. The Kier molecular flexibility index (Phi) is 9.47. The highest BCUT2D eigenvalue weighted by molar-refractivity contribution is 6.85. The van der Waals surface area contributed by atoms with Gasteiger partial charge in [-0.2, -0.15) is 52.7 Å². The summed E-state index contributed by atoms with van der Waals surface area (Å²) in [5.41, 5.74) is -0.0776. The first kappa shape index (κ1) is 33.5. The average Bonchev–Trinajstić information content (AvgIpc) is 3.49. The molecule has 0 aromatic heterocycles. The summed E-state index contributed by atoms with van der Waals surface area (Å²) in [4.78, 5) is 0. The molecule has 0 saturated carbocycles. The number of hydrogen-bond donors (Lipinski definition) is 0. The van der Waals surface area contributed by atoms with Crippen LogP contribution in [-0.2, 0) is 8.23 Å². The van der Waals surface area contributed by atoms with Gasteiger partial charge in [0.1, 0.15) is 0 Å². The number of halogens is 12. The molecule has 2 nitrogen and oxygen atoms in total. The maximum absolute atomic E-state index is 14.3. The van der Waals surface area contributed by atoms with Crippen LogP contribution in [0.3, 0.4) is 0 Å². The Morgan fingerprint density at radius 3 is 1.67 bits per heavy atom. The van der Waals surface area contributed by atoms with Gasteiger partial charge in [0.05, 0.1) is 0 Å². The van der Waals surface area contributed by atoms with E-state index in [0.717, 1.165) is 0 Å². The second-order valence-electron chi connectivity index (χ2n) is 9.31. The average molecular weight is 614 g/mol. The Balaban J connectivity index is 3.16. The van der Waals surface area contributed by atoms with Gasteiger partial charge in [-0.05, 0) is 38.3 Å². The maximum atomic E-state index is 14.3. The Morgan fingerprint density at radius 1 is 0.778 bits per heavy atom. The van der Waals surface area contributed by atoms with Crippen LogP contribution in [0.25, 0.3) is 0 Å². The minimum atomic E-state index is -7.55. The maximum Gasteiger partial charge on any atom is 0.384 e. The minimum Gasteiger partial charge on any atom is -0.453 e. The Bertz CT molecular complexity index is 820. The van der Waals surface area contributed by atoms with Crippen LogP contribution in [0, 0.1) is 0 Å². The quantitative estimate of drug-likeness (QED) is 0.108. The van der Waals surface area contributed by atoms with Gasteiger partial charge in [-0.15, -0.1) is 13.2 Å². The van der Waals surface area contributed by atoms with E-state index in [0.29, 0.717) is 0 Å². The minimum absolute atomic E-state index is 0.864. The summed E-state index contributed by atoms with van der Waals surface area (Å²) in [6.45, 7) is 12.6. The van der Waals surface area contributed by atoms with Crippen molar-refractivity contribution in [1.82, 2.24) is 0 Å².